The Labute approximate surface area is 186 Å². The molecule has 0 saturated heterocycles. The third-order valence-electron chi connectivity index (χ3n) is 5.03. The maximum absolute atomic E-state index is 13.5. The summed E-state index contributed by atoms with van der Waals surface area (Å²) < 4.78 is 52.2. The Morgan fingerprint density at radius 1 is 0.939 bits per heavy atom. The van der Waals surface area contributed by atoms with Gasteiger partial charge in [-0.15, -0.1) is 13.2 Å². The first-order chi connectivity index (χ1) is 15.7. The number of aromatic nitrogens is 1. The molecular formula is C24H18F3NO5. The van der Waals surface area contributed by atoms with Gasteiger partial charge in [0, 0.05) is 22.6 Å². The number of ether oxygens (including phenoxy) is 3. The van der Waals surface area contributed by atoms with Crippen molar-refractivity contribution in [3.8, 4) is 34.3 Å². The van der Waals surface area contributed by atoms with Crippen molar-refractivity contribution >= 4 is 16.7 Å². The first-order valence-corrected chi connectivity index (χ1v) is 9.68. The fourth-order valence-corrected chi connectivity index (χ4v) is 3.58. The Morgan fingerprint density at radius 3 is 2.39 bits per heavy atom. The highest BCUT2D eigenvalue weighted by molar-refractivity contribution is 6.20. The first kappa shape index (κ1) is 22.1. The van der Waals surface area contributed by atoms with Crippen LogP contribution in [0.2, 0.25) is 0 Å². The first-order valence-electron chi connectivity index (χ1n) is 9.68. The van der Waals surface area contributed by atoms with Crippen molar-refractivity contribution in [1.29, 1.82) is 0 Å². The lowest BCUT2D eigenvalue weighted by atomic mass is 9.97. The molecule has 3 aromatic carbocycles. The number of fused-ring (bicyclic) bond motifs is 1. The molecule has 0 aliphatic heterocycles. The van der Waals surface area contributed by atoms with E-state index in [2.05, 4.69) is 9.72 Å². The second kappa shape index (κ2) is 8.42. The van der Waals surface area contributed by atoms with Crippen molar-refractivity contribution in [2.24, 2.45) is 0 Å². The van der Waals surface area contributed by atoms with E-state index in [1.54, 1.807) is 30.3 Å². The minimum Gasteiger partial charge on any atom is -0.504 e. The molecule has 6 nitrogen and oxygen atoms in total. The molecule has 2 N–H and O–H groups in total. The van der Waals surface area contributed by atoms with Crippen molar-refractivity contribution in [1.82, 2.24) is 4.98 Å². The van der Waals surface area contributed by atoms with Crippen LogP contribution in [0.1, 0.15) is 15.9 Å². The van der Waals surface area contributed by atoms with Crippen LogP contribution in [0.3, 0.4) is 0 Å². The van der Waals surface area contributed by atoms with E-state index >= 15 is 0 Å². The molecule has 0 bridgehead atoms. The number of phenols is 1. The maximum atomic E-state index is 13.5. The molecule has 1 aromatic heterocycles. The summed E-state index contributed by atoms with van der Waals surface area (Å²) in [4.78, 5) is 16.7. The number of phenolic OH excluding ortho intramolecular Hbond substituents is 1. The Kier molecular flexibility index (Phi) is 5.63. The number of methoxy groups -OCH3 is 2. The molecule has 33 heavy (non-hydrogen) atoms. The summed E-state index contributed by atoms with van der Waals surface area (Å²) in [5.74, 6) is -0.359. The average molecular weight is 457 g/mol. The third-order valence-corrected chi connectivity index (χ3v) is 5.03. The molecule has 0 amide bonds. The Hall–Kier alpha value is -4.14. The molecule has 0 spiro atoms. The summed E-state index contributed by atoms with van der Waals surface area (Å²) >= 11 is 0. The number of aromatic hydroxyl groups is 1. The highest BCUT2D eigenvalue weighted by Crippen LogP contribution is 2.37. The molecule has 0 saturated carbocycles. The molecule has 170 valence electrons. The predicted octanol–water partition coefficient (Wildman–Crippen LogP) is 5.69. The van der Waals surface area contributed by atoms with Gasteiger partial charge in [-0.3, -0.25) is 4.79 Å². The highest BCUT2D eigenvalue weighted by Gasteiger charge is 2.31. The number of nitrogens with one attached hydrogen (secondary N) is 1. The quantitative estimate of drug-likeness (QED) is 0.364. The normalized spacial score (nSPS) is 11.4. The van der Waals surface area contributed by atoms with E-state index in [0.717, 1.165) is 12.1 Å². The van der Waals surface area contributed by atoms with Crippen LogP contribution in [0.25, 0.3) is 22.2 Å². The van der Waals surface area contributed by atoms with Gasteiger partial charge < -0.3 is 24.3 Å². The summed E-state index contributed by atoms with van der Waals surface area (Å²) in [6, 6.07) is 14.5. The summed E-state index contributed by atoms with van der Waals surface area (Å²) in [5.41, 5.74) is 1.66. The Morgan fingerprint density at radius 2 is 1.73 bits per heavy atom. The summed E-state index contributed by atoms with van der Waals surface area (Å²) in [7, 11) is 2.92. The second-order valence-corrected chi connectivity index (χ2v) is 7.08. The lowest BCUT2D eigenvalue weighted by Crippen LogP contribution is -2.17. The fourth-order valence-electron chi connectivity index (χ4n) is 3.58. The van der Waals surface area contributed by atoms with Crippen LogP contribution in [-0.4, -0.2) is 36.5 Å². The van der Waals surface area contributed by atoms with E-state index in [9.17, 15) is 23.1 Å². The number of aromatic amines is 1. The Bertz CT molecular complexity index is 1340. The summed E-state index contributed by atoms with van der Waals surface area (Å²) in [6.07, 6.45) is -4.88. The molecular weight excluding hydrogens is 439 g/mol. The number of carbonyl (C=O) groups is 1. The minimum atomic E-state index is -4.88. The van der Waals surface area contributed by atoms with Crippen LogP contribution in [0.5, 0.6) is 23.0 Å². The van der Waals surface area contributed by atoms with Gasteiger partial charge in [0.2, 0.25) is 0 Å². The van der Waals surface area contributed by atoms with Gasteiger partial charge in [0.1, 0.15) is 11.5 Å². The number of halogens is 3. The number of alkyl halides is 3. The summed E-state index contributed by atoms with van der Waals surface area (Å²) in [6.45, 7) is 0. The second-order valence-electron chi connectivity index (χ2n) is 7.08. The zero-order valence-corrected chi connectivity index (χ0v) is 17.5. The van der Waals surface area contributed by atoms with Crippen LogP contribution in [0.15, 0.2) is 60.7 Å². The molecule has 0 fully saturated rings. The van der Waals surface area contributed by atoms with Crippen LogP contribution in [0.4, 0.5) is 13.2 Å². The SMILES string of the molecule is COc1ccc2c(C(=O)c3cccc(OC(F)(F)F)c3)c(-c3ccc(OC)c(O)c3)[nH]c2c1. The maximum Gasteiger partial charge on any atom is 0.573 e. The van der Waals surface area contributed by atoms with Gasteiger partial charge in [-0.1, -0.05) is 12.1 Å². The van der Waals surface area contributed by atoms with Crippen molar-refractivity contribution in [3.05, 3.63) is 71.8 Å². The number of carbonyl (C=O) groups excluding carboxylic acids is 1. The van der Waals surface area contributed by atoms with E-state index in [-0.39, 0.29) is 22.6 Å². The fraction of sp³-hybridized carbons (Fsp3) is 0.125. The van der Waals surface area contributed by atoms with Crippen LogP contribution >= 0.6 is 0 Å². The molecule has 0 unspecified atom stereocenters. The third kappa shape index (κ3) is 4.43. The van der Waals surface area contributed by atoms with Crippen molar-refractivity contribution < 1.29 is 37.3 Å². The topological polar surface area (TPSA) is 80.8 Å². The average Bonchev–Trinajstić information content (AvgIpc) is 3.16. The van der Waals surface area contributed by atoms with Gasteiger partial charge in [-0.2, -0.15) is 0 Å². The van der Waals surface area contributed by atoms with Crippen LogP contribution in [0, 0.1) is 0 Å². The molecule has 0 radical (unpaired) electrons. The number of hydrogen-bond donors (Lipinski definition) is 2. The van der Waals surface area contributed by atoms with Crippen LogP contribution in [-0.2, 0) is 0 Å². The number of H-pyrrole nitrogens is 1. The van der Waals surface area contributed by atoms with Gasteiger partial charge in [-0.05, 0) is 42.5 Å². The number of hydrogen-bond acceptors (Lipinski definition) is 5. The monoisotopic (exact) mass is 457 g/mol. The standard InChI is InChI=1S/C24H18F3NO5/c1-31-15-7-8-17-18(12-15)28-22(13-6-9-20(32-2)19(29)11-13)21(17)23(30)14-4-3-5-16(10-14)33-24(25,26)27/h3-12,28-29H,1-2H3. The van der Waals surface area contributed by atoms with Crippen molar-refractivity contribution in [3.63, 3.8) is 0 Å². The lowest BCUT2D eigenvalue weighted by molar-refractivity contribution is -0.274. The van der Waals surface area contributed by atoms with E-state index in [1.165, 1.54) is 32.4 Å². The number of rotatable bonds is 6. The van der Waals surface area contributed by atoms with Crippen molar-refractivity contribution in [2.45, 2.75) is 6.36 Å². The van der Waals surface area contributed by atoms with E-state index < -0.39 is 17.9 Å². The molecule has 0 aliphatic carbocycles. The number of ketones is 1. The van der Waals surface area contributed by atoms with Gasteiger partial charge in [0.05, 0.1) is 31.0 Å². The summed E-state index contributed by atoms with van der Waals surface area (Å²) in [5, 5.41) is 10.8. The van der Waals surface area contributed by atoms with E-state index in [4.69, 9.17) is 9.47 Å². The highest BCUT2D eigenvalue weighted by atomic mass is 19.4. The molecule has 4 aromatic rings. The smallest absolute Gasteiger partial charge is 0.504 e. The van der Waals surface area contributed by atoms with Crippen LogP contribution < -0.4 is 14.2 Å². The Balaban J connectivity index is 1.89. The zero-order valence-electron chi connectivity index (χ0n) is 17.5. The molecule has 4 rings (SSSR count). The van der Waals surface area contributed by atoms with Gasteiger partial charge in [-0.25, -0.2) is 0 Å². The zero-order chi connectivity index (χ0) is 23.8. The lowest BCUT2D eigenvalue weighted by Gasteiger charge is -2.11. The molecule has 9 heteroatoms. The van der Waals surface area contributed by atoms with Crippen molar-refractivity contribution in [2.75, 3.05) is 14.2 Å². The van der Waals surface area contributed by atoms with Gasteiger partial charge in [0.25, 0.3) is 0 Å². The van der Waals surface area contributed by atoms with Gasteiger partial charge >= 0.3 is 6.36 Å². The van der Waals surface area contributed by atoms with Gasteiger partial charge in [0.15, 0.2) is 17.3 Å². The van der Waals surface area contributed by atoms with E-state index in [1.807, 2.05) is 0 Å². The molecule has 0 aliphatic rings. The number of benzene rings is 3. The molecule has 0 atom stereocenters. The largest absolute Gasteiger partial charge is 0.573 e. The predicted molar refractivity (Wildman–Crippen MR) is 115 cm³/mol. The minimum absolute atomic E-state index is 0.00690. The molecule has 1 heterocycles. The van der Waals surface area contributed by atoms with E-state index in [0.29, 0.717) is 27.9 Å².